The SMILES string of the molecule is Cc1cc(C)n(CCCn2cncc2C2CCCCN2)n1. The molecular formula is C16H25N5. The van der Waals surface area contributed by atoms with E-state index in [1.165, 1.54) is 30.7 Å². The van der Waals surface area contributed by atoms with Crippen LogP contribution < -0.4 is 5.32 Å². The third-order valence-corrected chi connectivity index (χ3v) is 4.28. The van der Waals surface area contributed by atoms with Gasteiger partial charge in [-0.2, -0.15) is 5.10 Å². The first-order valence-electron chi connectivity index (χ1n) is 7.98. The molecule has 21 heavy (non-hydrogen) atoms. The third kappa shape index (κ3) is 3.35. The van der Waals surface area contributed by atoms with Crippen LogP contribution in [0.15, 0.2) is 18.6 Å². The van der Waals surface area contributed by atoms with Gasteiger partial charge in [0, 0.05) is 31.0 Å². The van der Waals surface area contributed by atoms with Gasteiger partial charge in [-0.25, -0.2) is 4.98 Å². The Morgan fingerprint density at radius 1 is 1.29 bits per heavy atom. The van der Waals surface area contributed by atoms with Crippen molar-refractivity contribution in [1.29, 1.82) is 0 Å². The lowest BCUT2D eigenvalue weighted by Gasteiger charge is -2.24. The predicted octanol–water partition coefficient (Wildman–Crippen LogP) is 2.60. The van der Waals surface area contributed by atoms with Gasteiger partial charge in [-0.15, -0.1) is 0 Å². The van der Waals surface area contributed by atoms with E-state index >= 15 is 0 Å². The molecule has 3 rings (SSSR count). The first-order valence-corrected chi connectivity index (χ1v) is 7.98. The summed E-state index contributed by atoms with van der Waals surface area (Å²) in [5, 5.41) is 8.12. The molecular weight excluding hydrogens is 262 g/mol. The summed E-state index contributed by atoms with van der Waals surface area (Å²) >= 11 is 0. The van der Waals surface area contributed by atoms with E-state index in [2.05, 4.69) is 37.6 Å². The highest BCUT2D eigenvalue weighted by Gasteiger charge is 2.18. The van der Waals surface area contributed by atoms with Gasteiger partial charge in [0.25, 0.3) is 0 Å². The molecule has 0 saturated carbocycles. The van der Waals surface area contributed by atoms with Crippen LogP contribution in [0.25, 0.3) is 0 Å². The molecule has 0 aromatic carbocycles. The molecule has 2 aromatic rings. The van der Waals surface area contributed by atoms with Crippen LogP contribution in [-0.2, 0) is 13.1 Å². The summed E-state index contributed by atoms with van der Waals surface area (Å²) in [6.45, 7) is 7.27. The standard InChI is InChI=1S/C16H25N5/c1-13-10-14(2)21(19-13)9-5-8-20-12-17-11-16(20)15-6-3-4-7-18-15/h10-12,15,18H,3-9H2,1-2H3. The van der Waals surface area contributed by atoms with Gasteiger partial charge in [0.15, 0.2) is 0 Å². The van der Waals surface area contributed by atoms with E-state index in [0.717, 1.165) is 31.7 Å². The second-order valence-corrected chi connectivity index (χ2v) is 6.02. The molecule has 0 radical (unpaired) electrons. The lowest BCUT2D eigenvalue weighted by Crippen LogP contribution is -2.28. The Morgan fingerprint density at radius 2 is 2.19 bits per heavy atom. The Balaban J connectivity index is 1.58. The van der Waals surface area contributed by atoms with Gasteiger partial charge in [-0.05, 0) is 45.7 Å². The maximum absolute atomic E-state index is 4.52. The first-order chi connectivity index (χ1) is 10.2. The van der Waals surface area contributed by atoms with Crippen molar-refractivity contribution in [2.75, 3.05) is 6.54 Å². The summed E-state index contributed by atoms with van der Waals surface area (Å²) in [4.78, 5) is 4.35. The van der Waals surface area contributed by atoms with Crippen molar-refractivity contribution in [2.24, 2.45) is 0 Å². The minimum Gasteiger partial charge on any atom is -0.333 e. The van der Waals surface area contributed by atoms with Crippen molar-refractivity contribution in [3.63, 3.8) is 0 Å². The van der Waals surface area contributed by atoms with E-state index in [1.807, 2.05) is 19.4 Å². The van der Waals surface area contributed by atoms with E-state index in [4.69, 9.17) is 0 Å². The molecule has 1 N–H and O–H groups in total. The molecule has 3 heterocycles. The molecule has 1 fully saturated rings. The zero-order chi connectivity index (χ0) is 14.7. The molecule has 5 heteroatoms. The minimum atomic E-state index is 0.481. The average molecular weight is 287 g/mol. The van der Waals surface area contributed by atoms with E-state index in [-0.39, 0.29) is 0 Å². The van der Waals surface area contributed by atoms with Crippen LogP contribution in [0.2, 0.25) is 0 Å². The van der Waals surface area contributed by atoms with Crippen LogP contribution in [0.3, 0.4) is 0 Å². The molecule has 0 amide bonds. The molecule has 2 aromatic heterocycles. The first kappa shape index (κ1) is 14.3. The molecule has 0 aliphatic carbocycles. The van der Waals surface area contributed by atoms with Crippen molar-refractivity contribution in [1.82, 2.24) is 24.6 Å². The number of hydrogen-bond acceptors (Lipinski definition) is 3. The van der Waals surface area contributed by atoms with E-state index < -0.39 is 0 Å². The van der Waals surface area contributed by atoms with Crippen molar-refractivity contribution >= 4 is 0 Å². The van der Waals surface area contributed by atoms with Crippen LogP contribution in [0.5, 0.6) is 0 Å². The van der Waals surface area contributed by atoms with Crippen LogP contribution in [0.1, 0.15) is 48.8 Å². The van der Waals surface area contributed by atoms with Crippen LogP contribution in [0.4, 0.5) is 0 Å². The molecule has 1 aliphatic rings. The summed E-state index contributed by atoms with van der Waals surface area (Å²) in [5.41, 5.74) is 3.68. The summed E-state index contributed by atoms with van der Waals surface area (Å²) in [6, 6.07) is 2.61. The molecule has 1 atom stereocenters. The van der Waals surface area contributed by atoms with Gasteiger partial charge in [0.2, 0.25) is 0 Å². The number of hydrogen-bond donors (Lipinski definition) is 1. The number of aryl methyl sites for hydroxylation is 4. The molecule has 1 aliphatic heterocycles. The Bertz CT molecular complexity index is 577. The van der Waals surface area contributed by atoms with Crippen molar-refractivity contribution in [3.05, 3.63) is 35.7 Å². The Kier molecular flexibility index (Phi) is 4.39. The molecule has 5 nitrogen and oxygen atoms in total. The summed E-state index contributed by atoms with van der Waals surface area (Å²) in [7, 11) is 0. The monoisotopic (exact) mass is 287 g/mol. The zero-order valence-electron chi connectivity index (χ0n) is 13.0. The van der Waals surface area contributed by atoms with Gasteiger partial charge in [-0.3, -0.25) is 4.68 Å². The fraction of sp³-hybridized carbons (Fsp3) is 0.625. The lowest BCUT2D eigenvalue weighted by molar-refractivity contribution is 0.389. The Hall–Kier alpha value is -1.62. The number of rotatable bonds is 5. The Labute approximate surface area is 126 Å². The Morgan fingerprint density at radius 3 is 2.90 bits per heavy atom. The summed E-state index contributed by atoms with van der Waals surface area (Å²) in [6.07, 6.45) is 8.90. The zero-order valence-corrected chi connectivity index (χ0v) is 13.0. The van der Waals surface area contributed by atoms with Gasteiger partial charge in [0.05, 0.1) is 17.7 Å². The smallest absolute Gasteiger partial charge is 0.0948 e. The number of nitrogens with one attached hydrogen (secondary N) is 1. The van der Waals surface area contributed by atoms with Crippen LogP contribution >= 0.6 is 0 Å². The fourth-order valence-corrected chi connectivity index (χ4v) is 3.20. The second-order valence-electron chi connectivity index (χ2n) is 6.02. The van der Waals surface area contributed by atoms with E-state index in [9.17, 15) is 0 Å². The fourth-order valence-electron chi connectivity index (χ4n) is 3.20. The van der Waals surface area contributed by atoms with Gasteiger partial charge >= 0.3 is 0 Å². The maximum Gasteiger partial charge on any atom is 0.0948 e. The number of piperidine rings is 1. The third-order valence-electron chi connectivity index (χ3n) is 4.28. The van der Waals surface area contributed by atoms with E-state index in [0.29, 0.717) is 6.04 Å². The number of aromatic nitrogens is 4. The van der Waals surface area contributed by atoms with Crippen LogP contribution in [0, 0.1) is 13.8 Å². The van der Waals surface area contributed by atoms with Gasteiger partial charge in [0.1, 0.15) is 0 Å². The second kappa shape index (κ2) is 6.43. The van der Waals surface area contributed by atoms with Crippen molar-refractivity contribution in [2.45, 2.75) is 58.7 Å². The summed E-state index contributed by atoms with van der Waals surface area (Å²) < 4.78 is 4.40. The van der Waals surface area contributed by atoms with Gasteiger partial charge in [-0.1, -0.05) is 6.42 Å². The van der Waals surface area contributed by atoms with Crippen molar-refractivity contribution in [3.8, 4) is 0 Å². The minimum absolute atomic E-state index is 0.481. The molecule has 1 saturated heterocycles. The summed E-state index contributed by atoms with van der Waals surface area (Å²) in [5.74, 6) is 0. The highest BCUT2D eigenvalue weighted by molar-refractivity contribution is 5.07. The predicted molar refractivity (Wildman–Crippen MR) is 83.1 cm³/mol. The van der Waals surface area contributed by atoms with Crippen LogP contribution in [-0.4, -0.2) is 25.9 Å². The molecule has 114 valence electrons. The maximum atomic E-state index is 4.52. The average Bonchev–Trinajstić information content (AvgIpc) is 3.07. The number of nitrogens with zero attached hydrogens (tertiary/aromatic N) is 4. The normalized spacial score (nSPS) is 19.0. The van der Waals surface area contributed by atoms with E-state index in [1.54, 1.807) is 0 Å². The molecule has 0 spiro atoms. The van der Waals surface area contributed by atoms with Crippen molar-refractivity contribution < 1.29 is 0 Å². The number of imidazole rings is 1. The lowest BCUT2D eigenvalue weighted by atomic mass is 10.0. The van der Waals surface area contributed by atoms with Gasteiger partial charge < -0.3 is 9.88 Å². The largest absolute Gasteiger partial charge is 0.333 e. The topological polar surface area (TPSA) is 47.7 Å². The molecule has 1 unspecified atom stereocenters. The highest BCUT2D eigenvalue weighted by atomic mass is 15.3. The quantitative estimate of drug-likeness (QED) is 0.919. The highest BCUT2D eigenvalue weighted by Crippen LogP contribution is 2.22. The molecule has 0 bridgehead atoms.